The summed E-state index contributed by atoms with van der Waals surface area (Å²) in [7, 11) is -2.08. The van der Waals surface area contributed by atoms with Crippen LogP contribution in [0.2, 0.25) is 0 Å². The zero-order chi connectivity index (χ0) is 31.2. The first-order valence-corrected chi connectivity index (χ1v) is 14.3. The third kappa shape index (κ3) is 6.27. The lowest BCUT2D eigenvalue weighted by atomic mass is 10.00. The fourth-order valence-electron chi connectivity index (χ4n) is 4.43. The summed E-state index contributed by atoms with van der Waals surface area (Å²) in [5.41, 5.74) is 2.06. The van der Waals surface area contributed by atoms with E-state index in [0.717, 1.165) is 24.5 Å². The molecule has 15 heteroatoms. The van der Waals surface area contributed by atoms with E-state index in [2.05, 4.69) is 20.1 Å². The van der Waals surface area contributed by atoms with E-state index < -0.39 is 40.2 Å². The summed E-state index contributed by atoms with van der Waals surface area (Å²) < 4.78 is 97.5. The SMILES string of the molecule is Cn1nc(C(F)(F)CO)cc1-c1ccc(-c2cccc(S(C)(=O)=O)c2)cc1-n1nncc1-c1ccc(OC(F)(F)F)cc1. The number of aromatic nitrogens is 5. The minimum absolute atomic E-state index is 0.0840. The summed E-state index contributed by atoms with van der Waals surface area (Å²) in [5.74, 6) is -4.04. The van der Waals surface area contributed by atoms with Crippen molar-refractivity contribution in [2.75, 3.05) is 12.9 Å². The van der Waals surface area contributed by atoms with E-state index in [0.29, 0.717) is 33.6 Å². The van der Waals surface area contributed by atoms with Crippen molar-refractivity contribution in [3.63, 3.8) is 0 Å². The second-order valence-corrected chi connectivity index (χ2v) is 11.6. The maximum atomic E-state index is 14.3. The van der Waals surface area contributed by atoms with Crippen molar-refractivity contribution < 1.29 is 40.2 Å². The van der Waals surface area contributed by atoms with Crippen LogP contribution in [0.4, 0.5) is 22.0 Å². The lowest BCUT2D eigenvalue weighted by molar-refractivity contribution is -0.274. The molecule has 0 radical (unpaired) electrons. The number of hydrogen-bond donors (Lipinski definition) is 1. The molecule has 0 aliphatic carbocycles. The molecule has 9 nitrogen and oxygen atoms in total. The molecule has 5 rings (SSSR count). The van der Waals surface area contributed by atoms with Gasteiger partial charge in [0.25, 0.3) is 0 Å². The second-order valence-electron chi connectivity index (χ2n) is 9.54. The molecule has 0 atom stereocenters. The quantitative estimate of drug-likeness (QED) is 0.232. The predicted octanol–water partition coefficient (Wildman–Crippen LogP) is 5.39. The van der Waals surface area contributed by atoms with Crippen molar-refractivity contribution in [1.82, 2.24) is 24.8 Å². The molecule has 0 bridgehead atoms. The molecule has 0 saturated carbocycles. The van der Waals surface area contributed by atoms with Crippen LogP contribution in [0.25, 0.3) is 39.3 Å². The summed E-state index contributed by atoms with van der Waals surface area (Å²) in [6.45, 7) is -1.45. The zero-order valence-electron chi connectivity index (χ0n) is 22.4. The molecule has 224 valence electrons. The minimum Gasteiger partial charge on any atom is -0.406 e. The average molecular weight is 620 g/mol. The molecule has 0 aliphatic rings. The highest BCUT2D eigenvalue weighted by Crippen LogP contribution is 2.37. The Bertz CT molecular complexity index is 1900. The fraction of sp³-hybridized carbons (Fsp3) is 0.179. The Morgan fingerprint density at radius 2 is 1.56 bits per heavy atom. The third-order valence-electron chi connectivity index (χ3n) is 6.48. The van der Waals surface area contributed by atoms with Crippen LogP contribution >= 0.6 is 0 Å². The zero-order valence-corrected chi connectivity index (χ0v) is 23.2. The normalized spacial score (nSPS) is 12.5. The maximum Gasteiger partial charge on any atom is 0.573 e. The maximum absolute atomic E-state index is 14.3. The topological polar surface area (TPSA) is 112 Å². The summed E-state index contributed by atoms with van der Waals surface area (Å²) >= 11 is 0. The van der Waals surface area contributed by atoms with Crippen molar-refractivity contribution in [2.45, 2.75) is 17.2 Å². The van der Waals surface area contributed by atoms with Gasteiger partial charge >= 0.3 is 12.3 Å². The van der Waals surface area contributed by atoms with E-state index in [1.165, 1.54) is 46.9 Å². The summed E-state index contributed by atoms with van der Waals surface area (Å²) in [6.07, 6.45) is -2.42. The first kappa shape index (κ1) is 29.8. The molecule has 2 aromatic heterocycles. The van der Waals surface area contributed by atoms with Crippen LogP contribution in [0.1, 0.15) is 5.69 Å². The number of halogens is 5. The Labute approximate surface area is 241 Å². The van der Waals surface area contributed by atoms with Gasteiger partial charge < -0.3 is 9.84 Å². The van der Waals surface area contributed by atoms with E-state index in [1.807, 2.05) is 0 Å². The van der Waals surface area contributed by atoms with E-state index in [-0.39, 0.29) is 10.6 Å². The fourth-order valence-corrected chi connectivity index (χ4v) is 5.09. The van der Waals surface area contributed by atoms with Gasteiger partial charge in [0.2, 0.25) is 0 Å². The Morgan fingerprint density at radius 3 is 2.21 bits per heavy atom. The molecule has 5 aromatic rings. The molecule has 3 aromatic carbocycles. The Balaban J connectivity index is 1.69. The highest BCUT2D eigenvalue weighted by atomic mass is 32.2. The van der Waals surface area contributed by atoms with Crippen LogP contribution in [0.15, 0.2) is 83.9 Å². The van der Waals surface area contributed by atoms with Crippen LogP contribution in [-0.4, -0.2) is 57.5 Å². The average Bonchev–Trinajstić information content (AvgIpc) is 3.59. The number of benzene rings is 3. The van der Waals surface area contributed by atoms with Gasteiger partial charge in [0.1, 0.15) is 18.1 Å². The number of hydrogen-bond acceptors (Lipinski definition) is 7. The highest BCUT2D eigenvalue weighted by Gasteiger charge is 2.35. The smallest absolute Gasteiger partial charge is 0.406 e. The third-order valence-corrected chi connectivity index (χ3v) is 7.59. The minimum atomic E-state index is -4.87. The van der Waals surface area contributed by atoms with Crippen molar-refractivity contribution >= 4 is 9.84 Å². The molecule has 1 N–H and O–H groups in total. The van der Waals surface area contributed by atoms with Gasteiger partial charge in [-0.1, -0.05) is 29.5 Å². The van der Waals surface area contributed by atoms with Crippen molar-refractivity contribution in [2.24, 2.45) is 7.05 Å². The van der Waals surface area contributed by atoms with Gasteiger partial charge in [-0.05, 0) is 59.7 Å². The molecule has 0 amide bonds. The Morgan fingerprint density at radius 1 is 0.884 bits per heavy atom. The summed E-state index contributed by atoms with van der Waals surface area (Å²) in [5, 5.41) is 21.2. The lowest BCUT2D eigenvalue weighted by Crippen LogP contribution is -2.19. The van der Waals surface area contributed by atoms with Gasteiger partial charge in [0.05, 0.1) is 28.2 Å². The molecule has 0 spiro atoms. The molecule has 0 fully saturated rings. The molecule has 2 heterocycles. The van der Waals surface area contributed by atoms with Gasteiger partial charge in [-0.2, -0.15) is 13.9 Å². The van der Waals surface area contributed by atoms with Crippen molar-refractivity contribution in [3.8, 4) is 45.1 Å². The van der Waals surface area contributed by atoms with Gasteiger partial charge in [0, 0.05) is 24.4 Å². The van der Waals surface area contributed by atoms with Gasteiger partial charge in [-0.15, -0.1) is 18.3 Å². The van der Waals surface area contributed by atoms with Gasteiger partial charge in [-0.3, -0.25) is 4.68 Å². The first-order valence-electron chi connectivity index (χ1n) is 12.4. The largest absolute Gasteiger partial charge is 0.573 e. The molecule has 0 saturated heterocycles. The van der Waals surface area contributed by atoms with E-state index in [4.69, 9.17) is 0 Å². The lowest BCUT2D eigenvalue weighted by Gasteiger charge is -2.15. The van der Waals surface area contributed by atoms with Crippen LogP contribution in [0, 0.1) is 0 Å². The molecular weight excluding hydrogens is 597 g/mol. The molecule has 0 unspecified atom stereocenters. The molecule has 43 heavy (non-hydrogen) atoms. The number of ether oxygens (including phenoxy) is 1. The first-order chi connectivity index (χ1) is 20.2. The van der Waals surface area contributed by atoms with Crippen LogP contribution in [-0.2, 0) is 22.8 Å². The standard InChI is InChI=1S/C28H22F5N5O4S/c1-37-23(14-26(35-37)27(29,30)16-39)22-11-8-19(18-4-3-5-21(12-18)43(2,40)41)13-24(22)38-25(15-34-36-38)17-6-9-20(10-7-17)42-28(31,32)33/h3-15,39H,16H2,1-2H3. The monoisotopic (exact) mass is 619 g/mol. The number of sulfone groups is 1. The van der Waals surface area contributed by atoms with Gasteiger partial charge in [-0.25, -0.2) is 13.1 Å². The highest BCUT2D eigenvalue weighted by molar-refractivity contribution is 7.90. The number of nitrogens with zero attached hydrogens (tertiary/aromatic N) is 5. The van der Waals surface area contributed by atoms with Crippen molar-refractivity contribution in [3.05, 3.63) is 84.7 Å². The number of aliphatic hydroxyl groups is 1. The second kappa shape index (κ2) is 10.9. The van der Waals surface area contributed by atoms with E-state index in [1.54, 1.807) is 30.3 Å². The van der Waals surface area contributed by atoms with E-state index >= 15 is 0 Å². The summed E-state index contributed by atoms with van der Waals surface area (Å²) in [4.78, 5) is 0.0840. The molecule has 0 aliphatic heterocycles. The number of alkyl halides is 5. The number of aryl methyl sites for hydroxylation is 1. The van der Waals surface area contributed by atoms with Gasteiger partial charge in [0.15, 0.2) is 9.84 Å². The Kier molecular flexibility index (Phi) is 7.56. The van der Waals surface area contributed by atoms with Crippen LogP contribution < -0.4 is 4.74 Å². The Hall–Kier alpha value is -4.63. The van der Waals surface area contributed by atoms with Crippen LogP contribution in [0.5, 0.6) is 5.75 Å². The number of aliphatic hydroxyl groups excluding tert-OH is 1. The molecular formula is C28H22F5N5O4S. The summed E-state index contributed by atoms with van der Waals surface area (Å²) in [6, 6.07) is 17.3. The predicted molar refractivity (Wildman–Crippen MR) is 145 cm³/mol. The van der Waals surface area contributed by atoms with Crippen LogP contribution in [0.3, 0.4) is 0 Å². The van der Waals surface area contributed by atoms with E-state index in [9.17, 15) is 35.5 Å². The number of rotatable bonds is 8. The van der Waals surface area contributed by atoms with Crippen molar-refractivity contribution in [1.29, 1.82) is 0 Å².